The molecule has 2 rings (SSSR count). The largest absolute Gasteiger partial charge is 0.496 e. The Morgan fingerprint density at radius 2 is 1.74 bits per heavy atom. The lowest BCUT2D eigenvalue weighted by Crippen LogP contribution is -2.38. The first-order valence-electron chi connectivity index (χ1n) is 9.11. The van der Waals surface area contributed by atoms with Crippen molar-refractivity contribution in [2.24, 2.45) is 0 Å². The van der Waals surface area contributed by atoms with Crippen molar-refractivity contribution in [1.29, 1.82) is 0 Å². The van der Waals surface area contributed by atoms with E-state index in [4.69, 9.17) is 33.3 Å². The van der Waals surface area contributed by atoms with Gasteiger partial charge in [0.05, 0.1) is 19.8 Å². The molecule has 0 aliphatic carbocycles. The molecule has 0 radical (unpaired) electrons. The highest BCUT2D eigenvalue weighted by Gasteiger charge is 2.22. The fourth-order valence-corrected chi connectivity index (χ4v) is 4.37. The quantitative estimate of drug-likeness (QED) is 0.554. The van der Waals surface area contributed by atoms with Crippen molar-refractivity contribution in [3.63, 3.8) is 0 Å². The van der Waals surface area contributed by atoms with Crippen LogP contribution in [0.3, 0.4) is 0 Å². The number of nitrogens with one attached hydrogen (secondary N) is 2. The molecule has 0 spiro atoms. The van der Waals surface area contributed by atoms with E-state index in [2.05, 4.69) is 10.0 Å². The normalized spacial score (nSPS) is 10.9. The number of carbonyl (C=O) groups excluding carboxylic acids is 1. The van der Waals surface area contributed by atoms with E-state index in [1.54, 1.807) is 38.4 Å². The van der Waals surface area contributed by atoms with Crippen molar-refractivity contribution in [1.82, 2.24) is 14.9 Å². The molecule has 2 N–H and O–H groups in total. The van der Waals surface area contributed by atoms with Crippen LogP contribution in [-0.2, 0) is 16.4 Å². The van der Waals surface area contributed by atoms with Crippen LogP contribution < -0.4 is 19.5 Å². The lowest BCUT2D eigenvalue weighted by atomic mass is 10.1. The average Bonchev–Trinajstić information content (AvgIpc) is 2.73. The van der Waals surface area contributed by atoms with Crippen molar-refractivity contribution in [3.8, 4) is 11.5 Å². The minimum Gasteiger partial charge on any atom is -0.496 e. The first kappa shape index (κ1) is 24.7. The van der Waals surface area contributed by atoms with Gasteiger partial charge < -0.3 is 19.7 Å². The molecule has 11 heteroatoms. The fourth-order valence-electron chi connectivity index (χ4n) is 2.62. The van der Waals surface area contributed by atoms with Crippen molar-refractivity contribution < 1.29 is 22.7 Å². The van der Waals surface area contributed by atoms with Crippen molar-refractivity contribution in [2.45, 2.75) is 11.3 Å². The second-order valence-electron chi connectivity index (χ2n) is 6.64. The maximum Gasteiger partial charge on any atom is 0.267 e. The van der Waals surface area contributed by atoms with E-state index >= 15 is 0 Å². The number of thiocarbonyl (C=S) groups is 1. The fraction of sp³-hybridized carbons (Fsp3) is 0.300. The van der Waals surface area contributed by atoms with Gasteiger partial charge in [-0.05, 0) is 54.5 Å². The summed E-state index contributed by atoms with van der Waals surface area (Å²) in [6, 6.07) is 9.55. The first-order valence-corrected chi connectivity index (χ1v) is 11.4. The predicted octanol–water partition coefficient (Wildman–Crippen LogP) is 2.45. The van der Waals surface area contributed by atoms with Gasteiger partial charge in [-0.15, -0.1) is 0 Å². The van der Waals surface area contributed by atoms with Crippen LogP contribution in [-0.4, -0.2) is 59.2 Å². The second kappa shape index (κ2) is 10.7. The molecule has 2 aromatic rings. The van der Waals surface area contributed by atoms with Gasteiger partial charge in [0.25, 0.3) is 15.9 Å². The third kappa shape index (κ3) is 6.46. The molecule has 1 amide bonds. The number of hydrogen-bond donors (Lipinski definition) is 2. The Balaban J connectivity index is 2.15. The summed E-state index contributed by atoms with van der Waals surface area (Å²) < 4.78 is 38.2. The zero-order valence-corrected chi connectivity index (χ0v) is 20.0. The molecule has 0 unspecified atom stereocenters. The van der Waals surface area contributed by atoms with Gasteiger partial charge in [-0.3, -0.25) is 9.52 Å². The summed E-state index contributed by atoms with van der Waals surface area (Å²) in [5, 5.41) is 3.25. The molecule has 8 nitrogen and oxygen atoms in total. The second-order valence-corrected chi connectivity index (χ2v) is 9.11. The Hall–Kier alpha value is -2.56. The molecule has 31 heavy (non-hydrogen) atoms. The Morgan fingerprint density at radius 3 is 2.35 bits per heavy atom. The molecule has 0 aromatic heterocycles. The number of carbonyl (C=O) groups is 1. The number of nitrogens with zero attached hydrogens (tertiary/aromatic N) is 1. The SMILES string of the molecule is COc1ccc(Cl)cc1C(=O)NCCc1ccc(OC)c(S(=O)(=O)NC(=S)N(C)C)c1. The van der Waals surface area contributed by atoms with Crippen molar-refractivity contribution in [3.05, 3.63) is 52.5 Å². The highest BCUT2D eigenvalue weighted by molar-refractivity contribution is 7.92. The van der Waals surface area contributed by atoms with Crippen LogP contribution in [0.2, 0.25) is 5.02 Å². The number of hydrogen-bond acceptors (Lipinski definition) is 6. The summed E-state index contributed by atoms with van der Waals surface area (Å²) in [4.78, 5) is 13.9. The van der Waals surface area contributed by atoms with E-state index in [1.165, 1.54) is 31.3 Å². The number of methoxy groups -OCH3 is 2. The van der Waals surface area contributed by atoms with E-state index in [0.717, 1.165) is 0 Å². The lowest BCUT2D eigenvalue weighted by molar-refractivity contribution is 0.0951. The standard InChI is InChI=1S/C20H24ClN3O5S2/c1-24(2)20(30)23-31(26,27)18-11-13(5-7-17(18)29-4)9-10-22-19(25)15-12-14(21)6-8-16(15)28-3/h5-8,11-12H,9-10H2,1-4H3,(H,22,25)(H,23,30). The minimum atomic E-state index is -3.94. The summed E-state index contributed by atoms with van der Waals surface area (Å²) in [7, 11) is 2.18. The van der Waals surface area contributed by atoms with Gasteiger partial charge in [0.2, 0.25) is 0 Å². The molecule has 0 aliphatic heterocycles. The Morgan fingerprint density at radius 1 is 1.10 bits per heavy atom. The number of amides is 1. The van der Waals surface area contributed by atoms with Crippen LogP contribution in [0.25, 0.3) is 0 Å². The number of rotatable bonds is 8. The predicted molar refractivity (Wildman–Crippen MR) is 124 cm³/mol. The molecule has 0 saturated heterocycles. The summed E-state index contributed by atoms with van der Waals surface area (Å²) in [5.41, 5.74) is 1.00. The monoisotopic (exact) mass is 485 g/mol. The maximum atomic E-state index is 12.7. The number of benzene rings is 2. The zero-order valence-electron chi connectivity index (χ0n) is 17.6. The molecule has 0 fully saturated rings. The number of ether oxygens (including phenoxy) is 2. The summed E-state index contributed by atoms with van der Waals surface area (Å²) in [6.45, 7) is 0.268. The van der Waals surface area contributed by atoms with E-state index in [-0.39, 0.29) is 28.2 Å². The highest BCUT2D eigenvalue weighted by Crippen LogP contribution is 2.25. The molecule has 0 atom stereocenters. The Labute approximate surface area is 192 Å². The molecule has 0 heterocycles. The minimum absolute atomic E-state index is 0.0421. The molecule has 2 aromatic carbocycles. The first-order chi connectivity index (χ1) is 14.6. The molecular formula is C20H24ClN3O5S2. The third-order valence-electron chi connectivity index (χ3n) is 4.25. The Kier molecular flexibility index (Phi) is 8.49. The molecule has 0 aliphatic rings. The average molecular weight is 486 g/mol. The van der Waals surface area contributed by atoms with E-state index in [0.29, 0.717) is 28.3 Å². The highest BCUT2D eigenvalue weighted by atomic mass is 35.5. The summed E-state index contributed by atoms with van der Waals surface area (Å²) >= 11 is 11.0. The topological polar surface area (TPSA) is 97.0 Å². The van der Waals surface area contributed by atoms with Gasteiger partial charge in [0.1, 0.15) is 16.4 Å². The van der Waals surface area contributed by atoms with Gasteiger partial charge in [-0.1, -0.05) is 17.7 Å². The van der Waals surface area contributed by atoms with E-state index < -0.39 is 10.0 Å². The van der Waals surface area contributed by atoms with Crippen LogP contribution >= 0.6 is 23.8 Å². The van der Waals surface area contributed by atoms with E-state index in [1.807, 2.05) is 0 Å². The smallest absolute Gasteiger partial charge is 0.267 e. The van der Waals surface area contributed by atoms with Crippen LogP contribution in [0.15, 0.2) is 41.3 Å². The van der Waals surface area contributed by atoms with Gasteiger partial charge in [-0.2, -0.15) is 0 Å². The third-order valence-corrected chi connectivity index (χ3v) is 6.44. The molecular weight excluding hydrogens is 462 g/mol. The molecule has 0 bridgehead atoms. The van der Waals surface area contributed by atoms with E-state index in [9.17, 15) is 13.2 Å². The van der Waals surface area contributed by atoms with Gasteiger partial charge in [0.15, 0.2) is 5.11 Å². The number of halogens is 1. The van der Waals surface area contributed by atoms with Crippen molar-refractivity contribution >= 4 is 44.9 Å². The van der Waals surface area contributed by atoms with Crippen molar-refractivity contribution in [2.75, 3.05) is 34.9 Å². The lowest BCUT2D eigenvalue weighted by Gasteiger charge is -2.17. The van der Waals surface area contributed by atoms with Gasteiger partial charge in [0, 0.05) is 25.7 Å². The molecule has 168 valence electrons. The van der Waals surface area contributed by atoms with Crippen LogP contribution in [0.5, 0.6) is 11.5 Å². The van der Waals surface area contributed by atoms with Crippen LogP contribution in [0, 0.1) is 0 Å². The summed E-state index contributed by atoms with van der Waals surface area (Å²) in [6.07, 6.45) is 0.388. The Bertz CT molecular complexity index is 1070. The van der Waals surface area contributed by atoms with Crippen LogP contribution in [0.4, 0.5) is 0 Å². The van der Waals surface area contributed by atoms with Gasteiger partial charge in [-0.25, -0.2) is 8.42 Å². The maximum absolute atomic E-state index is 12.7. The van der Waals surface area contributed by atoms with Crippen LogP contribution in [0.1, 0.15) is 15.9 Å². The molecule has 0 saturated carbocycles. The summed E-state index contributed by atoms with van der Waals surface area (Å²) in [5.74, 6) is 0.242. The zero-order chi connectivity index (χ0) is 23.2. The van der Waals surface area contributed by atoms with Gasteiger partial charge >= 0.3 is 0 Å². The number of sulfonamides is 1.